The van der Waals surface area contributed by atoms with Gasteiger partial charge < -0.3 is 10.6 Å². The number of aryl methyl sites for hydroxylation is 1. The summed E-state index contributed by atoms with van der Waals surface area (Å²) >= 11 is 5.13. The van der Waals surface area contributed by atoms with Crippen molar-refractivity contribution < 1.29 is 0 Å². The molecular weight excluding hydrogens is 220 g/mol. The summed E-state index contributed by atoms with van der Waals surface area (Å²) in [5.74, 6) is 0.549. The highest BCUT2D eigenvalue weighted by Crippen LogP contribution is 1.98. The third-order valence-electron chi connectivity index (χ3n) is 2.09. The van der Waals surface area contributed by atoms with Gasteiger partial charge in [0.1, 0.15) is 0 Å². The number of hydrogen-bond donors (Lipinski definition) is 2. The number of nitrogens with zero attached hydrogens (tertiary/aromatic N) is 2. The van der Waals surface area contributed by atoms with Gasteiger partial charge in [0.25, 0.3) is 0 Å². The van der Waals surface area contributed by atoms with E-state index in [1.165, 1.54) is 12.8 Å². The van der Waals surface area contributed by atoms with Crippen molar-refractivity contribution in [3.63, 3.8) is 0 Å². The van der Waals surface area contributed by atoms with E-state index >= 15 is 0 Å². The van der Waals surface area contributed by atoms with Gasteiger partial charge in [-0.25, -0.2) is 9.97 Å². The molecule has 0 fully saturated rings. The van der Waals surface area contributed by atoms with E-state index in [9.17, 15) is 0 Å². The van der Waals surface area contributed by atoms with Crippen LogP contribution in [-0.4, -0.2) is 21.6 Å². The van der Waals surface area contributed by atoms with Crippen LogP contribution in [-0.2, 0) is 0 Å². The fraction of sp³-hybridized carbons (Fsp3) is 0.545. The molecule has 1 heterocycles. The molecule has 4 nitrogen and oxygen atoms in total. The zero-order chi connectivity index (χ0) is 11.8. The van der Waals surface area contributed by atoms with Gasteiger partial charge in [0.2, 0.25) is 5.95 Å². The lowest BCUT2D eigenvalue weighted by molar-refractivity contribution is 0.697. The van der Waals surface area contributed by atoms with Crippen LogP contribution in [0.4, 0.5) is 5.95 Å². The molecule has 88 valence electrons. The molecule has 0 radical (unpaired) electrons. The van der Waals surface area contributed by atoms with E-state index in [-0.39, 0.29) is 0 Å². The quantitative estimate of drug-likeness (QED) is 0.609. The summed E-state index contributed by atoms with van der Waals surface area (Å²) in [4.78, 5) is 8.28. The van der Waals surface area contributed by atoms with Gasteiger partial charge in [0.05, 0.1) is 0 Å². The van der Waals surface area contributed by atoms with Crippen LogP contribution in [0, 0.1) is 6.92 Å². The molecule has 5 heteroatoms. The lowest BCUT2D eigenvalue weighted by atomic mass is 10.2. The average molecular weight is 238 g/mol. The highest BCUT2D eigenvalue weighted by Gasteiger charge is 1.99. The first-order valence-electron chi connectivity index (χ1n) is 5.57. The summed E-state index contributed by atoms with van der Waals surface area (Å²) in [5, 5.41) is 6.67. The molecule has 0 aromatic carbocycles. The van der Waals surface area contributed by atoms with Crippen molar-refractivity contribution in [1.29, 1.82) is 0 Å². The Morgan fingerprint density at radius 2 is 2.25 bits per heavy atom. The van der Waals surface area contributed by atoms with Crippen molar-refractivity contribution >= 4 is 23.3 Å². The number of nitrogens with one attached hydrogen (secondary N) is 2. The summed E-state index contributed by atoms with van der Waals surface area (Å²) in [5.41, 5.74) is 0.922. The fourth-order valence-corrected chi connectivity index (χ4v) is 1.43. The number of aromatic nitrogens is 2. The minimum Gasteiger partial charge on any atom is -0.362 e. The Labute approximate surface area is 102 Å². The Bertz CT molecular complexity index is 341. The molecule has 1 aromatic heterocycles. The van der Waals surface area contributed by atoms with Crippen LogP contribution in [0.5, 0.6) is 0 Å². The molecule has 0 saturated carbocycles. The van der Waals surface area contributed by atoms with Crippen LogP contribution in [0.15, 0.2) is 12.3 Å². The molecule has 16 heavy (non-hydrogen) atoms. The predicted octanol–water partition coefficient (Wildman–Crippen LogP) is 2.26. The van der Waals surface area contributed by atoms with Crippen molar-refractivity contribution in [2.75, 3.05) is 11.9 Å². The van der Waals surface area contributed by atoms with Crippen LogP contribution in [0.3, 0.4) is 0 Å². The SMILES string of the molecule is CCCCCNC(=S)Nc1nccc(C)n1. The average Bonchev–Trinajstić information content (AvgIpc) is 2.24. The summed E-state index contributed by atoms with van der Waals surface area (Å²) in [6, 6.07) is 1.85. The van der Waals surface area contributed by atoms with Crippen molar-refractivity contribution in [2.24, 2.45) is 0 Å². The Hall–Kier alpha value is -1.23. The van der Waals surface area contributed by atoms with E-state index in [1.807, 2.05) is 13.0 Å². The molecule has 1 rings (SSSR count). The first-order valence-corrected chi connectivity index (χ1v) is 5.97. The second-order valence-corrected chi connectivity index (χ2v) is 4.02. The minimum absolute atomic E-state index is 0.549. The number of anilines is 1. The third-order valence-corrected chi connectivity index (χ3v) is 2.33. The number of unbranched alkanes of at least 4 members (excludes halogenated alkanes) is 2. The normalized spacial score (nSPS) is 9.88. The van der Waals surface area contributed by atoms with Gasteiger partial charge in [-0.1, -0.05) is 19.8 Å². The van der Waals surface area contributed by atoms with E-state index in [0.717, 1.165) is 18.7 Å². The first-order chi connectivity index (χ1) is 7.72. The number of rotatable bonds is 5. The Morgan fingerprint density at radius 3 is 2.94 bits per heavy atom. The summed E-state index contributed by atoms with van der Waals surface area (Å²) in [7, 11) is 0. The van der Waals surface area contributed by atoms with Crippen molar-refractivity contribution in [1.82, 2.24) is 15.3 Å². The maximum absolute atomic E-state index is 5.13. The van der Waals surface area contributed by atoms with Crippen LogP contribution < -0.4 is 10.6 Å². The summed E-state index contributed by atoms with van der Waals surface area (Å²) in [6.45, 7) is 4.99. The van der Waals surface area contributed by atoms with Crippen LogP contribution >= 0.6 is 12.2 Å². The van der Waals surface area contributed by atoms with Gasteiger partial charge >= 0.3 is 0 Å². The lowest BCUT2D eigenvalue weighted by Gasteiger charge is -2.08. The van der Waals surface area contributed by atoms with Crippen molar-refractivity contribution in [2.45, 2.75) is 33.1 Å². The van der Waals surface area contributed by atoms with Crippen molar-refractivity contribution in [3.8, 4) is 0 Å². The first kappa shape index (κ1) is 12.8. The van der Waals surface area contributed by atoms with Crippen molar-refractivity contribution in [3.05, 3.63) is 18.0 Å². The largest absolute Gasteiger partial charge is 0.362 e. The zero-order valence-corrected chi connectivity index (χ0v) is 10.6. The maximum atomic E-state index is 5.13. The summed E-state index contributed by atoms with van der Waals surface area (Å²) < 4.78 is 0. The molecule has 0 aliphatic carbocycles. The zero-order valence-electron chi connectivity index (χ0n) is 9.79. The standard InChI is InChI=1S/C11H18N4S/c1-3-4-5-7-13-11(16)15-10-12-8-6-9(2)14-10/h6,8H,3-5,7H2,1-2H3,(H2,12,13,14,15,16). The highest BCUT2D eigenvalue weighted by atomic mass is 32.1. The minimum atomic E-state index is 0.549. The third kappa shape index (κ3) is 5.02. The Balaban J connectivity index is 2.29. The lowest BCUT2D eigenvalue weighted by Crippen LogP contribution is -2.30. The van der Waals surface area contributed by atoms with E-state index in [1.54, 1.807) is 6.20 Å². The molecule has 0 aliphatic rings. The molecule has 0 unspecified atom stereocenters. The number of thiocarbonyl (C=S) groups is 1. The molecule has 0 spiro atoms. The second-order valence-electron chi connectivity index (χ2n) is 3.61. The fourth-order valence-electron chi connectivity index (χ4n) is 1.23. The topological polar surface area (TPSA) is 49.8 Å². The van der Waals surface area contributed by atoms with Crippen LogP contribution in [0.1, 0.15) is 31.9 Å². The van der Waals surface area contributed by atoms with Gasteiger partial charge in [-0.2, -0.15) is 0 Å². The molecule has 0 bridgehead atoms. The molecule has 1 aromatic rings. The monoisotopic (exact) mass is 238 g/mol. The molecule has 0 atom stereocenters. The van der Waals surface area contributed by atoms with Gasteiger partial charge in [-0.05, 0) is 31.6 Å². The van der Waals surface area contributed by atoms with E-state index in [4.69, 9.17) is 12.2 Å². The van der Waals surface area contributed by atoms with Crippen LogP contribution in [0.2, 0.25) is 0 Å². The van der Waals surface area contributed by atoms with E-state index < -0.39 is 0 Å². The molecular formula is C11H18N4S. The molecule has 2 N–H and O–H groups in total. The van der Waals surface area contributed by atoms with E-state index in [2.05, 4.69) is 27.5 Å². The Kier molecular flexibility index (Phi) is 5.71. The Morgan fingerprint density at radius 1 is 1.44 bits per heavy atom. The van der Waals surface area contributed by atoms with Gasteiger partial charge in [-0.15, -0.1) is 0 Å². The van der Waals surface area contributed by atoms with Gasteiger partial charge in [0.15, 0.2) is 5.11 Å². The summed E-state index contributed by atoms with van der Waals surface area (Å²) in [6.07, 6.45) is 5.27. The smallest absolute Gasteiger partial charge is 0.229 e. The predicted molar refractivity (Wildman–Crippen MR) is 70.5 cm³/mol. The van der Waals surface area contributed by atoms with Crippen LogP contribution in [0.25, 0.3) is 0 Å². The number of hydrogen-bond acceptors (Lipinski definition) is 3. The highest BCUT2D eigenvalue weighted by molar-refractivity contribution is 7.80. The second kappa shape index (κ2) is 7.11. The maximum Gasteiger partial charge on any atom is 0.229 e. The molecule has 0 aliphatic heterocycles. The van der Waals surface area contributed by atoms with Gasteiger partial charge in [0, 0.05) is 18.4 Å². The molecule has 0 amide bonds. The van der Waals surface area contributed by atoms with E-state index in [0.29, 0.717) is 11.1 Å². The molecule has 0 saturated heterocycles. The van der Waals surface area contributed by atoms with Gasteiger partial charge in [-0.3, -0.25) is 0 Å².